The van der Waals surface area contributed by atoms with E-state index in [0.29, 0.717) is 24.8 Å². The molecular weight excluding hydrogens is 280 g/mol. The zero-order valence-corrected chi connectivity index (χ0v) is 13.5. The van der Waals surface area contributed by atoms with E-state index in [2.05, 4.69) is 0 Å². The van der Waals surface area contributed by atoms with Gasteiger partial charge in [-0.2, -0.15) is 0 Å². The Morgan fingerprint density at radius 1 is 1.41 bits per heavy atom. The third kappa shape index (κ3) is 3.32. The number of carboxylic acid groups (broad SMARTS) is 1. The molecule has 0 heterocycles. The molecule has 22 heavy (non-hydrogen) atoms. The lowest BCUT2D eigenvalue weighted by Gasteiger charge is -2.32. The van der Waals surface area contributed by atoms with E-state index >= 15 is 0 Å². The van der Waals surface area contributed by atoms with Crippen LogP contribution < -0.4 is 0 Å². The van der Waals surface area contributed by atoms with Crippen LogP contribution in [0, 0.1) is 18.3 Å². The van der Waals surface area contributed by atoms with Crippen molar-refractivity contribution in [2.45, 2.75) is 52.6 Å². The third-order valence-electron chi connectivity index (χ3n) is 4.41. The van der Waals surface area contributed by atoms with E-state index < -0.39 is 23.5 Å². The van der Waals surface area contributed by atoms with Gasteiger partial charge in [0.25, 0.3) is 0 Å². The van der Waals surface area contributed by atoms with Crippen molar-refractivity contribution in [1.82, 2.24) is 0 Å². The van der Waals surface area contributed by atoms with Crippen molar-refractivity contribution >= 4 is 11.9 Å². The summed E-state index contributed by atoms with van der Waals surface area (Å²) in [7, 11) is 0. The van der Waals surface area contributed by atoms with Gasteiger partial charge in [0.1, 0.15) is 11.5 Å². The predicted octanol–water partition coefficient (Wildman–Crippen LogP) is 3.82. The summed E-state index contributed by atoms with van der Waals surface area (Å²) in [6.45, 7) is 5.91. The lowest BCUT2D eigenvalue weighted by atomic mass is 9.77. The molecule has 0 saturated heterocycles. The van der Waals surface area contributed by atoms with Crippen LogP contribution in [0.25, 0.3) is 0 Å². The molecule has 2 unspecified atom stereocenters. The minimum absolute atomic E-state index is 0.245. The lowest BCUT2D eigenvalue weighted by Crippen LogP contribution is -2.42. The molecule has 2 rings (SSSR count). The van der Waals surface area contributed by atoms with E-state index in [1.54, 1.807) is 18.2 Å². The van der Waals surface area contributed by atoms with Crippen LogP contribution in [-0.2, 0) is 9.53 Å². The van der Waals surface area contributed by atoms with Crippen LogP contribution in [0.1, 0.15) is 55.5 Å². The Balaban J connectivity index is 2.19. The second kappa shape index (κ2) is 6.51. The largest absolute Gasteiger partial charge is 0.481 e. The van der Waals surface area contributed by atoms with E-state index in [1.165, 1.54) is 0 Å². The first-order chi connectivity index (χ1) is 10.3. The highest BCUT2D eigenvalue weighted by atomic mass is 16.5. The van der Waals surface area contributed by atoms with Gasteiger partial charge in [-0.05, 0) is 50.7 Å². The topological polar surface area (TPSA) is 63.6 Å². The number of esters is 1. The Hall–Kier alpha value is -1.84. The smallest absolute Gasteiger partial charge is 0.338 e. The van der Waals surface area contributed by atoms with Crippen molar-refractivity contribution in [1.29, 1.82) is 0 Å². The number of carbonyl (C=O) groups excluding carboxylic acids is 1. The first kappa shape index (κ1) is 16.5. The summed E-state index contributed by atoms with van der Waals surface area (Å²) in [5, 5.41) is 9.72. The first-order valence-electron chi connectivity index (χ1n) is 7.86. The van der Waals surface area contributed by atoms with Crippen molar-refractivity contribution in [3.63, 3.8) is 0 Å². The van der Waals surface area contributed by atoms with Crippen LogP contribution in [0.3, 0.4) is 0 Å². The van der Waals surface area contributed by atoms with Crippen molar-refractivity contribution in [3.8, 4) is 0 Å². The molecule has 0 aliphatic heterocycles. The molecule has 2 atom stereocenters. The van der Waals surface area contributed by atoms with E-state index in [0.717, 1.165) is 12.0 Å². The van der Waals surface area contributed by atoms with E-state index in [4.69, 9.17) is 4.74 Å². The second-order valence-electron chi connectivity index (χ2n) is 6.71. The summed E-state index contributed by atoms with van der Waals surface area (Å²) in [5.41, 5.74) is 0.525. The molecule has 1 aliphatic carbocycles. The molecule has 120 valence electrons. The Morgan fingerprint density at radius 2 is 2.14 bits per heavy atom. The summed E-state index contributed by atoms with van der Waals surface area (Å²) in [6.07, 6.45) is 1.97. The summed E-state index contributed by atoms with van der Waals surface area (Å²) in [6, 6.07) is 7.18. The van der Waals surface area contributed by atoms with Gasteiger partial charge in [-0.3, -0.25) is 4.79 Å². The maximum atomic E-state index is 12.3. The Kier molecular flexibility index (Phi) is 4.89. The maximum absolute atomic E-state index is 12.3. The average molecular weight is 304 g/mol. The number of ether oxygens (including phenoxy) is 1. The molecule has 1 aromatic rings. The molecule has 0 aromatic heterocycles. The maximum Gasteiger partial charge on any atom is 0.338 e. The minimum Gasteiger partial charge on any atom is -0.481 e. The number of aliphatic carboxylic acids is 1. The molecule has 1 aromatic carbocycles. The van der Waals surface area contributed by atoms with Gasteiger partial charge in [-0.1, -0.05) is 31.5 Å². The molecule has 0 spiro atoms. The fourth-order valence-electron chi connectivity index (χ4n) is 3.48. The number of carbonyl (C=O) groups is 2. The lowest BCUT2D eigenvalue weighted by molar-refractivity contribution is -0.156. The normalized spacial score (nSPS) is 24.5. The van der Waals surface area contributed by atoms with Crippen LogP contribution >= 0.6 is 0 Å². The summed E-state index contributed by atoms with van der Waals surface area (Å²) in [5.74, 6) is -1.03. The highest BCUT2D eigenvalue weighted by Gasteiger charge is 2.51. The molecule has 4 heteroatoms. The predicted molar refractivity (Wildman–Crippen MR) is 83.8 cm³/mol. The number of benzene rings is 1. The molecule has 1 aliphatic rings. The highest BCUT2D eigenvalue weighted by Crippen LogP contribution is 2.45. The Morgan fingerprint density at radius 3 is 2.73 bits per heavy atom. The van der Waals surface area contributed by atoms with E-state index in [1.807, 2.05) is 26.8 Å². The van der Waals surface area contributed by atoms with Crippen molar-refractivity contribution in [2.24, 2.45) is 11.3 Å². The number of rotatable bonds is 5. The standard InChI is InChI=1S/C18H24O4/c1-12(2)11-18(17(20)21)9-5-8-15(18)22-16(19)14-7-4-6-13(3)10-14/h4,6-7,10,12,15H,5,8-9,11H2,1-3H3,(H,20,21). The van der Waals surface area contributed by atoms with Crippen LogP contribution in [0.4, 0.5) is 0 Å². The molecule has 1 N–H and O–H groups in total. The number of hydrogen-bond donors (Lipinski definition) is 1. The van der Waals surface area contributed by atoms with Crippen LogP contribution in [0.2, 0.25) is 0 Å². The van der Waals surface area contributed by atoms with Crippen molar-refractivity contribution < 1.29 is 19.4 Å². The van der Waals surface area contributed by atoms with Gasteiger partial charge in [0.05, 0.1) is 5.56 Å². The van der Waals surface area contributed by atoms with Gasteiger partial charge in [0.15, 0.2) is 0 Å². The monoisotopic (exact) mass is 304 g/mol. The van der Waals surface area contributed by atoms with Gasteiger partial charge in [0.2, 0.25) is 0 Å². The van der Waals surface area contributed by atoms with Gasteiger partial charge in [-0.15, -0.1) is 0 Å². The van der Waals surface area contributed by atoms with E-state index in [-0.39, 0.29) is 5.92 Å². The Bertz CT molecular complexity index is 564. The fourth-order valence-corrected chi connectivity index (χ4v) is 3.48. The van der Waals surface area contributed by atoms with Crippen LogP contribution in [0.15, 0.2) is 24.3 Å². The fraction of sp³-hybridized carbons (Fsp3) is 0.556. The van der Waals surface area contributed by atoms with Crippen LogP contribution in [0.5, 0.6) is 0 Å². The molecular formula is C18H24O4. The van der Waals surface area contributed by atoms with Gasteiger partial charge in [-0.25, -0.2) is 4.79 Å². The first-order valence-corrected chi connectivity index (χ1v) is 7.86. The minimum atomic E-state index is -0.937. The summed E-state index contributed by atoms with van der Waals surface area (Å²) in [4.78, 5) is 24.2. The zero-order valence-electron chi connectivity index (χ0n) is 13.5. The number of hydrogen-bond acceptors (Lipinski definition) is 3. The van der Waals surface area contributed by atoms with E-state index in [9.17, 15) is 14.7 Å². The molecule has 1 fully saturated rings. The van der Waals surface area contributed by atoms with Crippen molar-refractivity contribution in [2.75, 3.05) is 0 Å². The summed E-state index contributed by atoms with van der Waals surface area (Å²) < 4.78 is 5.61. The number of carboxylic acids is 1. The number of aryl methyl sites for hydroxylation is 1. The summed E-state index contributed by atoms with van der Waals surface area (Å²) >= 11 is 0. The quantitative estimate of drug-likeness (QED) is 0.840. The molecule has 0 amide bonds. The zero-order chi connectivity index (χ0) is 16.3. The van der Waals surface area contributed by atoms with Gasteiger partial charge < -0.3 is 9.84 Å². The third-order valence-corrected chi connectivity index (χ3v) is 4.41. The Labute approximate surface area is 131 Å². The SMILES string of the molecule is Cc1cccc(C(=O)OC2CCCC2(CC(C)C)C(=O)O)c1. The molecule has 0 bridgehead atoms. The van der Waals surface area contributed by atoms with Gasteiger partial charge >= 0.3 is 11.9 Å². The van der Waals surface area contributed by atoms with Crippen LogP contribution in [-0.4, -0.2) is 23.1 Å². The second-order valence-corrected chi connectivity index (χ2v) is 6.71. The van der Waals surface area contributed by atoms with Crippen molar-refractivity contribution in [3.05, 3.63) is 35.4 Å². The average Bonchev–Trinajstić information content (AvgIpc) is 2.82. The molecule has 1 saturated carbocycles. The highest BCUT2D eigenvalue weighted by molar-refractivity contribution is 5.90. The molecule has 0 radical (unpaired) electrons. The van der Waals surface area contributed by atoms with Gasteiger partial charge in [0, 0.05) is 0 Å². The molecule has 4 nitrogen and oxygen atoms in total.